The lowest BCUT2D eigenvalue weighted by atomic mass is 10.1. The number of hydrogen-bond donors (Lipinski definition) is 2. The zero-order valence-electron chi connectivity index (χ0n) is 13.5. The van der Waals surface area contributed by atoms with Crippen LogP contribution in [0.5, 0.6) is 0 Å². The third-order valence-corrected chi connectivity index (χ3v) is 4.14. The fourth-order valence-electron chi connectivity index (χ4n) is 2.92. The third-order valence-electron chi connectivity index (χ3n) is 4.14. The number of carbonyl (C=O) groups is 3. The number of hydrogen-bond acceptors (Lipinski definition) is 4. The number of carbonyl (C=O) groups excluding carboxylic acids is 2. The van der Waals surface area contributed by atoms with E-state index in [1.165, 1.54) is 18.3 Å². The Kier molecular flexibility index (Phi) is 4.47. The molecule has 1 saturated heterocycles. The van der Waals surface area contributed by atoms with Gasteiger partial charge in [-0.25, -0.2) is 9.78 Å². The molecular weight excluding hydrogens is 322 g/mol. The van der Waals surface area contributed by atoms with E-state index in [0.29, 0.717) is 6.42 Å². The maximum absolute atomic E-state index is 12.6. The molecule has 0 bridgehead atoms. The summed E-state index contributed by atoms with van der Waals surface area (Å²) >= 11 is 0. The number of rotatable bonds is 4. The van der Waals surface area contributed by atoms with Gasteiger partial charge < -0.3 is 15.3 Å². The van der Waals surface area contributed by atoms with Crippen molar-refractivity contribution >= 4 is 23.5 Å². The Labute approximate surface area is 144 Å². The van der Waals surface area contributed by atoms with Crippen molar-refractivity contribution in [1.82, 2.24) is 10.3 Å². The molecule has 2 aromatic rings. The van der Waals surface area contributed by atoms with E-state index in [0.717, 1.165) is 5.69 Å². The lowest BCUT2D eigenvalue weighted by molar-refractivity contribution is -0.118. The highest BCUT2D eigenvalue weighted by Crippen LogP contribution is 2.26. The first-order chi connectivity index (χ1) is 12.0. The Morgan fingerprint density at radius 1 is 1.20 bits per heavy atom. The lowest BCUT2D eigenvalue weighted by Gasteiger charge is -2.21. The summed E-state index contributed by atoms with van der Waals surface area (Å²) in [5, 5.41) is 11.5. The predicted octanol–water partition coefficient (Wildman–Crippen LogP) is 1.70. The Balaban J connectivity index is 1.72. The molecule has 1 aromatic heterocycles. The Morgan fingerprint density at radius 2 is 1.92 bits per heavy atom. The lowest BCUT2D eigenvalue weighted by Crippen LogP contribution is -2.42. The van der Waals surface area contributed by atoms with E-state index in [9.17, 15) is 14.4 Å². The Bertz CT molecular complexity index is 805. The van der Waals surface area contributed by atoms with Gasteiger partial charge in [-0.15, -0.1) is 0 Å². The van der Waals surface area contributed by atoms with E-state index >= 15 is 0 Å². The first kappa shape index (κ1) is 16.6. The second kappa shape index (κ2) is 6.72. The molecule has 0 aliphatic carbocycles. The van der Waals surface area contributed by atoms with Crippen molar-refractivity contribution in [3.05, 3.63) is 59.9 Å². The molecule has 0 unspecified atom stereocenters. The molecule has 0 radical (unpaired) electrons. The first-order valence-corrected chi connectivity index (χ1v) is 7.85. The van der Waals surface area contributed by atoms with Crippen molar-refractivity contribution in [2.75, 3.05) is 4.90 Å². The van der Waals surface area contributed by atoms with Crippen LogP contribution in [0.2, 0.25) is 0 Å². The number of pyridine rings is 1. The average molecular weight is 339 g/mol. The van der Waals surface area contributed by atoms with Gasteiger partial charge in [0.15, 0.2) is 0 Å². The van der Waals surface area contributed by atoms with Crippen LogP contribution in [0.1, 0.15) is 34.2 Å². The van der Waals surface area contributed by atoms with E-state index in [4.69, 9.17) is 5.11 Å². The predicted molar refractivity (Wildman–Crippen MR) is 90.5 cm³/mol. The maximum atomic E-state index is 12.6. The first-order valence-electron chi connectivity index (χ1n) is 7.85. The zero-order valence-corrected chi connectivity index (χ0v) is 13.5. The molecule has 2 heterocycles. The van der Waals surface area contributed by atoms with Crippen LogP contribution < -0.4 is 10.2 Å². The molecule has 7 heteroatoms. The molecule has 2 atom stereocenters. The number of carboxylic acids is 1. The number of carboxylic acid groups (broad SMARTS) is 1. The van der Waals surface area contributed by atoms with Gasteiger partial charge in [0.25, 0.3) is 5.91 Å². The van der Waals surface area contributed by atoms with Crippen molar-refractivity contribution in [1.29, 1.82) is 0 Å². The number of benzene rings is 1. The van der Waals surface area contributed by atoms with Crippen LogP contribution in [0, 0.1) is 0 Å². The fraction of sp³-hybridized carbons (Fsp3) is 0.222. The minimum absolute atomic E-state index is 0.0345. The van der Waals surface area contributed by atoms with Crippen LogP contribution in [-0.4, -0.2) is 40.0 Å². The molecule has 0 saturated carbocycles. The molecule has 25 heavy (non-hydrogen) atoms. The fourth-order valence-corrected chi connectivity index (χ4v) is 2.92. The van der Waals surface area contributed by atoms with Crippen molar-refractivity contribution in [2.45, 2.75) is 25.4 Å². The molecule has 1 aliphatic heterocycles. The monoisotopic (exact) mass is 339 g/mol. The highest BCUT2D eigenvalue weighted by molar-refractivity contribution is 6.04. The van der Waals surface area contributed by atoms with E-state index in [-0.39, 0.29) is 23.2 Å². The second-order valence-electron chi connectivity index (χ2n) is 5.89. The van der Waals surface area contributed by atoms with Crippen LogP contribution in [0.25, 0.3) is 0 Å². The molecule has 1 aliphatic rings. The molecule has 2 N–H and O–H groups in total. The summed E-state index contributed by atoms with van der Waals surface area (Å²) < 4.78 is 0. The highest BCUT2D eigenvalue weighted by Gasteiger charge is 2.38. The standard InChI is InChI=1S/C18H17N3O4/c1-11-9-15(17(23)21(11)13-5-3-2-4-6-13)20-16(22)12-7-8-14(18(24)25)19-10-12/h2-8,10-11,15H,9H2,1H3,(H,20,22)(H,24,25)/t11-,15+/m0/s1. The smallest absolute Gasteiger partial charge is 0.354 e. The number of aromatic carboxylic acids is 1. The van der Waals surface area contributed by atoms with Crippen molar-refractivity contribution < 1.29 is 19.5 Å². The topological polar surface area (TPSA) is 99.6 Å². The second-order valence-corrected chi connectivity index (χ2v) is 5.89. The Morgan fingerprint density at radius 3 is 2.52 bits per heavy atom. The summed E-state index contributed by atoms with van der Waals surface area (Å²) in [6.45, 7) is 1.93. The van der Waals surface area contributed by atoms with Crippen molar-refractivity contribution in [3.63, 3.8) is 0 Å². The molecule has 7 nitrogen and oxygen atoms in total. The molecule has 0 spiro atoms. The van der Waals surface area contributed by atoms with Crippen LogP contribution >= 0.6 is 0 Å². The third kappa shape index (κ3) is 3.35. The normalized spacial score (nSPS) is 19.7. The van der Waals surface area contributed by atoms with Gasteiger partial charge in [-0.1, -0.05) is 18.2 Å². The van der Waals surface area contributed by atoms with Crippen molar-refractivity contribution in [2.24, 2.45) is 0 Å². The molecule has 128 valence electrons. The minimum atomic E-state index is -1.16. The van der Waals surface area contributed by atoms with E-state index in [1.54, 1.807) is 4.90 Å². The van der Waals surface area contributed by atoms with Crippen LogP contribution in [0.3, 0.4) is 0 Å². The van der Waals surface area contributed by atoms with Gasteiger partial charge in [0.05, 0.1) is 5.56 Å². The minimum Gasteiger partial charge on any atom is -0.477 e. The summed E-state index contributed by atoms with van der Waals surface area (Å²) in [6.07, 6.45) is 1.69. The zero-order chi connectivity index (χ0) is 18.0. The molecule has 1 fully saturated rings. The quantitative estimate of drug-likeness (QED) is 0.883. The van der Waals surface area contributed by atoms with Gasteiger partial charge in [0.1, 0.15) is 11.7 Å². The highest BCUT2D eigenvalue weighted by atomic mass is 16.4. The summed E-state index contributed by atoms with van der Waals surface area (Å²) in [5.74, 6) is -1.78. The molecular formula is C18H17N3O4. The van der Waals surface area contributed by atoms with Crippen LogP contribution in [0.4, 0.5) is 5.69 Å². The number of nitrogens with one attached hydrogen (secondary N) is 1. The van der Waals surface area contributed by atoms with E-state index in [2.05, 4.69) is 10.3 Å². The molecule has 2 amide bonds. The number of aromatic nitrogens is 1. The van der Waals surface area contributed by atoms with Gasteiger partial charge in [0.2, 0.25) is 5.91 Å². The summed E-state index contributed by atoms with van der Waals surface area (Å²) in [7, 11) is 0. The number of nitrogens with zero attached hydrogens (tertiary/aromatic N) is 2. The number of anilines is 1. The number of para-hydroxylation sites is 1. The summed E-state index contributed by atoms with van der Waals surface area (Å²) in [6, 6.07) is 11.3. The van der Waals surface area contributed by atoms with Gasteiger partial charge in [-0.3, -0.25) is 9.59 Å². The maximum Gasteiger partial charge on any atom is 0.354 e. The van der Waals surface area contributed by atoms with Gasteiger partial charge in [-0.05, 0) is 37.6 Å². The molecule has 3 rings (SSSR count). The van der Waals surface area contributed by atoms with Crippen LogP contribution in [0.15, 0.2) is 48.7 Å². The van der Waals surface area contributed by atoms with Gasteiger partial charge >= 0.3 is 5.97 Å². The largest absolute Gasteiger partial charge is 0.477 e. The SMILES string of the molecule is C[C@H]1C[C@@H](NC(=O)c2ccc(C(=O)O)nc2)C(=O)N1c1ccccc1. The van der Waals surface area contributed by atoms with Gasteiger partial charge in [0, 0.05) is 17.9 Å². The average Bonchev–Trinajstić information content (AvgIpc) is 2.89. The van der Waals surface area contributed by atoms with Crippen molar-refractivity contribution in [3.8, 4) is 0 Å². The summed E-state index contributed by atoms with van der Waals surface area (Å²) in [4.78, 5) is 41.1. The Hall–Kier alpha value is -3.22. The van der Waals surface area contributed by atoms with Crippen LogP contribution in [-0.2, 0) is 4.79 Å². The summed E-state index contributed by atoms with van der Waals surface area (Å²) in [5.41, 5.74) is 0.866. The van der Waals surface area contributed by atoms with Gasteiger partial charge in [-0.2, -0.15) is 0 Å². The molecule has 1 aromatic carbocycles. The number of amides is 2. The van der Waals surface area contributed by atoms with E-state index < -0.39 is 17.9 Å². The van der Waals surface area contributed by atoms with E-state index in [1.807, 2.05) is 37.3 Å².